The predicted molar refractivity (Wildman–Crippen MR) is 52.0 cm³/mol. The van der Waals surface area contributed by atoms with E-state index < -0.39 is 5.91 Å². The summed E-state index contributed by atoms with van der Waals surface area (Å²) in [5, 5.41) is 9.90. The smallest absolute Gasteiger partial charge is 0.253 e. The summed E-state index contributed by atoms with van der Waals surface area (Å²) in [6.07, 6.45) is 1.38. The van der Waals surface area contributed by atoms with Crippen molar-refractivity contribution >= 4 is 11.7 Å². The molecule has 0 saturated carbocycles. The minimum absolute atomic E-state index is 0.0145. The van der Waals surface area contributed by atoms with Gasteiger partial charge in [0.2, 0.25) is 0 Å². The molecule has 5 nitrogen and oxygen atoms in total. The predicted octanol–water partition coefficient (Wildman–Crippen LogP) is -0.463. The molecule has 0 rings (SSSR count). The molecular formula is C8H16N4O. The average Bonchev–Trinajstić information content (AvgIpc) is 1.95. The van der Waals surface area contributed by atoms with Crippen molar-refractivity contribution in [2.75, 3.05) is 6.54 Å². The highest BCUT2D eigenvalue weighted by Gasteiger charge is 2.07. The van der Waals surface area contributed by atoms with Gasteiger partial charge in [0.15, 0.2) is 0 Å². The molecule has 1 amide bonds. The molecule has 0 spiro atoms. The van der Waals surface area contributed by atoms with E-state index in [4.69, 9.17) is 16.9 Å². The SMILES string of the molecule is CC(C)CN/C=C(\C(=N)N)C(N)=O. The third kappa shape index (κ3) is 4.84. The van der Waals surface area contributed by atoms with Crippen LogP contribution in [0.5, 0.6) is 0 Å². The number of primary amides is 1. The fourth-order valence-corrected chi connectivity index (χ4v) is 0.678. The summed E-state index contributed by atoms with van der Waals surface area (Å²) in [5.41, 5.74) is 10.1. The van der Waals surface area contributed by atoms with E-state index in [1.807, 2.05) is 13.8 Å². The summed E-state index contributed by atoms with van der Waals surface area (Å²) < 4.78 is 0. The Morgan fingerprint density at radius 1 is 1.54 bits per heavy atom. The van der Waals surface area contributed by atoms with Gasteiger partial charge in [-0.05, 0) is 5.92 Å². The minimum Gasteiger partial charge on any atom is -0.390 e. The van der Waals surface area contributed by atoms with Gasteiger partial charge in [0.05, 0.1) is 5.57 Å². The van der Waals surface area contributed by atoms with Crippen LogP contribution in [0.1, 0.15) is 13.8 Å². The zero-order valence-corrected chi connectivity index (χ0v) is 7.92. The molecular weight excluding hydrogens is 168 g/mol. The maximum atomic E-state index is 10.7. The largest absolute Gasteiger partial charge is 0.390 e. The van der Waals surface area contributed by atoms with Crippen molar-refractivity contribution in [3.63, 3.8) is 0 Å². The van der Waals surface area contributed by atoms with Crippen molar-refractivity contribution in [2.45, 2.75) is 13.8 Å². The highest BCUT2D eigenvalue weighted by molar-refractivity contribution is 6.18. The second-order valence-corrected chi connectivity index (χ2v) is 3.14. The van der Waals surface area contributed by atoms with E-state index in [9.17, 15) is 4.79 Å². The van der Waals surface area contributed by atoms with Gasteiger partial charge in [-0.15, -0.1) is 0 Å². The van der Waals surface area contributed by atoms with Gasteiger partial charge in [-0.1, -0.05) is 13.8 Å². The molecule has 74 valence electrons. The van der Waals surface area contributed by atoms with Gasteiger partial charge in [-0.25, -0.2) is 0 Å². The Morgan fingerprint density at radius 3 is 2.38 bits per heavy atom. The summed E-state index contributed by atoms with van der Waals surface area (Å²) in [7, 11) is 0. The van der Waals surface area contributed by atoms with Crippen LogP contribution in [-0.2, 0) is 4.79 Å². The maximum Gasteiger partial charge on any atom is 0.253 e. The van der Waals surface area contributed by atoms with Gasteiger partial charge in [0.1, 0.15) is 5.84 Å². The number of rotatable bonds is 5. The van der Waals surface area contributed by atoms with E-state index in [1.54, 1.807) is 0 Å². The molecule has 6 N–H and O–H groups in total. The average molecular weight is 184 g/mol. The van der Waals surface area contributed by atoms with Crippen molar-refractivity contribution < 1.29 is 4.79 Å². The lowest BCUT2D eigenvalue weighted by atomic mass is 10.2. The monoisotopic (exact) mass is 184 g/mol. The summed E-state index contributed by atoms with van der Waals surface area (Å²) in [5.74, 6) is -0.551. The van der Waals surface area contributed by atoms with E-state index in [1.165, 1.54) is 6.20 Å². The van der Waals surface area contributed by atoms with Gasteiger partial charge < -0.3 is 16.8 Å². The maximum absolute atomic E-state index is 10.7. The molecule has 0 radical (unpaired) electrons. The molecule has 0 aromatic heterocycles. The lowest BCUT2D eigenvalue weighted by Gasteiger charge is -2.05. The summed E-state index contributed by atoms with van der Waals surface area (Å²) in [6.45, 7) is 4.77. The number of hydrogen-bond acceptors (Lipinski definition) is 3. The van der Waals surface area contributed by atoms with Crippen molar-refractivity contribution in [1.82, 2.24) is 5.32 Å². The Morgan fingerprint density at radius 2 is 2.08 bits per heavy atom. The molecule has 13 heavy (non-hydrogen) atoms. The van der Waals surface area contributed by atoms with Crippen LogP contribution in [-0.4, -0.2) is 18.3 Å². The Labute approximate surface area is 77.7 Å². The Balaban J connectivity index is 4.22. The number of carbonyl (C=O) groups is 1. The minimum atomic E-state index is -0.691. The van der Waals surface area contributed by atoms with Crippen molar-refractivity contribution in [3.05, 3.63) is 11.8 Å². The molecule has 0 atom stereocenters. The Hall–Kier alpha value is -1.52. The van der Waals surface area contributed by atoms with E-state index in [0.29, 0.717) is 12.5 Å². The van der Waals surface area contributed by atoms with Crippen LogP contribution in [0.4, 0.5) is 0 Å². The van der Waals surface area contributed by atoms with E-state index in [-0.39, 0.29) is 11.4 Å². The highest BCUT2D eigenvalue weighted by atomic mass is 16.1. The van der Waals surface area contributed by atoms with Crippen molar-refractivity contribution in [1.29, 1.82) is 5.41 Å². The number of hydrogen-bond donors (Lipinski definition) is 4. The van der Waals surface area contributed by atoms with E-state index in [2.05, 4.69) is 5.32 Å². The standard InChI is InChI=1S/C8H16N4O/c1-5(2)3-12-4-6(7(9)10)8(11)13/h4-5,12H,3H2,1-2H3,(H3,9,10)(H2,11,13)/b6-4+. The molecule has 0 fully saturated rings. The van der Waals surface area contributed by atoms with Crippen LogP contribution in [0.15, 0.2) is 11.8 Å². The number of nitrogens with two attached hydrogens (primary N) is 2. The normalized spacial score (nSPS) is 11.5. The van der Waals surface area contributed by atoms with E-state index in [0.717, 1.165) is 0 Å². The molecule has 0 bridgehead atoms. The number of carbonyl (C=O) groups excluding carboxylic acids is 1. The molecule has 0 aromatic rings. The third-order valence-corrected chi connectivity index (χ3v) is 1.33. The molecule has 0 aliphatic carbocycles. The van der Waals surface area contributed by atoms with Gasteiger partial charge >= 0.3 is 0 Å². The quantitative estimate of drug-likeness (QED) is 0.264. The first-order valence-electron chi connectivity index (χ1n) is 4.03. The lowest BCUT2D eigenvalue weighted by molar-refractivity contribution is -0.114. The summed E-state index contributed by atoms with van der Waals surface area (Å²) in [6, 6.07) is 0. The topological polar surface area (TPSA) is 105 Å². The summed E-state index contributed by atoms with van der Waals surface area (Å²) >= 11 is 0. The second-order valence-electron chi connectivity index (χ2n) is 3.14. The second kappa shape index (κ2) is 5.18. The van der Waals surface area contributed by atoms with Crippen LogP contribution >= 0.6 is 0 Å². The van der Waals surface area contributed by atoms with Crippen molar-refractivity contribution in [2.24, 2.45) is 17.4 Å². The fraction of sp³-hybridized carbons (Fsp3) is 0.500. The number of nitrogens with one attached hydrogen (secondary N) is 2. The molecule has 0 heterocycles. The van der Waals surface area contributed by atoms with Crippen LogP contribution in [0.2, 0.25) is 0 Å². The zero-order valence-electron chi connectivity index (χ0n) is 7.92. The zero-order chi connectivity index (χ0) is 10.4. The molecule has 0 aliphatic heterocycles. The number of amides is 1. The molecule has 0 unspecified atom stereocenters. The highest BCUT2D eigenvalue weighted by Crippen LogP contribution is 1.91. The Bertz CT molecular complexity index is 216. The first-order valence-corrected chi connectivity index (χ1v) is 4.03. The molecule has 0 aromatic carbocycles. The molecule has 0 aliphatic rings. The third-order valence-electron chi connectivity index (χ3n) is 1.33. The lowest BCUT2D eigenvalue weighted by Crippen LogP contribution is -2.28. The van der Waals surface area contributed by atoms with Gasteiger partial charge in [-0.3, -0.25) is 10.2 Å². The van der Waals surface area contributed by atoms with Crippen molar-refractivity contribution in [3.8, 4) is 0 Å². The van der Waals surface area contributed by atoms with Crippen LogP contribution in [0, 0.1) is 11.3 Å². The fourth-order valence-electron chi connectivity index (χ4n) is 0.678. The molecule has 5 heteroatoms. The number of amidine groups is 1. The molecule has 0 saturated heterocycles. The van der Waals surface area contributed by atoms with Gasteiger partial charge in [0.25, 0.3) is 5.91 Å². The van der Waals surface area contributed by atoms with Crippen LogP contribution < -0.4 is 16.8 Å². The van der Waals surface area contributed by atoms with E-state index >= 15 is 0 Å². The van der Waals surface area contributed by atoms with Crippen LogP contribution in [0.25, 0.3) is 0 Å². The first-order chi connectivity index (χ1) is 5.95. The first kappa shape index (κ1) is 11.5. The summed E-state index contributed by atoms with van der Waals surface area (Å²) in [4.78, 5) is 10.7. The van der Waals surface area contributed by atoms with Gasteiger partial charge in [0, 0.05) is 12.7 Å². The van der Waals surface area contributed by atoms with Gasteiger partial charge in [-0.2, -0.15) is 0 Å². The van der Waals surface area contributed by atoms with Crippen LogP contribution in [0.3, 0.4) is 0 Å². The Kier molecular flexibility index (Phi) is 4.58.